The second kappa shape index (κ2) is 6.68. The molecule has 0 rings (SSSR count). The van der Waals surface area contributed by atoms with Gasteiger partial charge in [0, 0.05) is 12.8 Å². The molecule has 0 fully saturated rings. The maximum atomic E-state index is 3.82. The van der Waals surface area contributed by atoms with E-state index in [1.54, 1.807) is 0 Å². The van der Waals surface area contributed by atoms with Crippen LogP contribution in [0, 0.1) is 24.7 Å². The van der Waals surface area contributed by atoms with E-state index in [-0.39, 0.29) is 0 Å². The van der Waals surface area contributed by atoms with E-state index in [1.165, 1.54) is 6.42 Å². The summed E-state index contributed by atoms with van der Waals surface area (Å²) in [7, 11) is 0. The standard InChI is InChI=1S/C10H17/c1-4-6-7-8-9-10(3)5-2/h10H,2,4-6,9H2,1,3H3. The van der Waals surface area contributed by atoms with Gasteiger partial charge >= 0.3 is 0 Å². The summed E-state index contributed by atoms with van der Waals surface area (Å²) in [6.45, 7) is 8.16. The van der Waals surface area contributed by atoms with Crippen LogP contribution in [0.1, 0.15) is 39.5 Å². The Balaban J connectivity index is 3.26. The van der Waals surface area contributed by atoms with Crippen LogP contribution in [-0.4, -0.2) is 0 Å². The average molecular weight is 137 g/mol. The van der Waals surface area contributed by atoms with Crippen molar-refractivity contribution in [1.82, 2.24) is 0 Å². The van der Waals surface area contributed by atoms with Crippen molar-refractivity contribution < 1.29 is 0 Å². The van der Waals surface area contributed by atoms with Gasteiger partial charge in [-0.25, -0.2) is 0 Å². The van der Waals surface area contributed by atoms with Crippen LogP contribution in [0.5, 0.6) is 0 Å². The van der Waals surface area contributed by atoms with Crippen LogP contribution in [-0.2, 0) is 0 Å². The Hall–Kier alpha value is -0.440. The molecule has 0 aromatic carbocycles. The molecule has 0 spiro atoms. The second-order valence-corrected chi connectivity index (χ2v) is 2.70. The summed E-state index contributed by atoms with van der Waals surface area (Å²) in [5, 5.41) is 0. The number of hydrogen-bond acceptors (Lipinski definition) is 0. The number of hydrogen-bond donors (Lipinski definition) is 0. The molecule has 0 saturated heterocycles. The normalized spacial score (nSPS) is 11.9. The summed E-state index contributed by atoms with van der Waals surface area (Å²) in [6.07, 6.45) is 4.24. The summed E-state index contributed by atoms with van der Waals surface area (Å²) in [5.74, 6) is 6.94. The highest BCUT2D eigenvalue weighted by molar-refractivity contribution is 4.99. The van der Waals surface area contributed by atoms with Gasteiger partial charge in [0.15, 0.2) is 0 Å². The molecule has 1 atom stereocenters. The minimum absolute atomic E-state index is 0.671. The molecule has 0 heteroatoms. The first-order chi connectivity index (χ1) is 4.81. The van der Waals surface area contributed by atoms with Gasteiger partial charge < -0.3 is 0 Å². The van der Waals surface area contributed by atoms with E-state index in [0.717, 1.165) is 19.3 Å². The maximum absolute atomic E-state index is 3.82. The van der Waals surface area contributed by atoms with Gasteiger partial charge in [-0.05, 0) is 18.8 Å². The summed E-state index contributed by atoms with van der Waals surface area (Å²) < 4.78 is 0. The molecule has 0 aliphatic heterocycles. The van der Waals surface area contributed by atoms with E-state index < -0.39 is 0 Å². The molecule has 0 bridgehead atoms. The van der Waals surface area contributed by atoms with Crippen LogP contribution in [0.2, 0.25) is 0 Å². The minimum atomic E-state index is 0.671. The van der Waals surface area contributed by atoms with Crippen molar-refractivity contribution in [2.45, 2.75) is 39.5 Å². The molecule has 0 aromatic heterocycles. The smallest absolute Gasteiger partial charge is 0.0114 e. The third kappa shape index (κ3) is 5.69. The molecule has 10 heavy (non-hydrogen) atoms. The lowest BCUT2D eigenvalue weighted by molar-refractivity contribution is 0.610. The molecular weight excluding hydrogens is 120 g/mol. The summed E-state index contributed by atoms with van der Waals surface area (Å²) >= 11 is 0. The zero-order valence-electron chi connectivity index (χ0n) is 7.11. The highest BCUT2D eigenvalue weighted by Gasteiger charge is 1.92. The van der Waals surface area contributed by atoms with Crippen LogP contribution in [0.25, 0.3) is 0 Å². The van der Waals surface area contributed by atoms with Gasteiger partial charge in [-0.3, -0.25) is 0 Å². The van der Waals surface area contributed by atoms with Crippen LogP contribution >= 0.6 is 0 Å². The Morgan fingerprint density at radius 1 is 1.40 bits per heavy atom. The molecule has 0 N–H and O–H groups in total. The van der Waals surface area contributed by atoms with Crippen LogP contribution in [0.3, 0.4) is 0 Å². The lowest BCUT2D eigenvalue weighted by Crippen LogP contribution is -1.88. The van der Waals surface area contributed by atoms with Gasteiger partial charge in [0.05, 0.1) is 0 Å². The Morgan fingerprint density at radius 3 is 2.60 bits per heavy atom. The van der Waals surface area contributed by atoms with E-state index in [0.29, 0.717) is 5.92 Å². The predicted molar refractivity (Wildman–Crippen MR) is 46.4 cm³/mol. The average Bonchev–Trinajstić information content (AvgIpc) is 1.98. The van der Waals surface area contributed by atoms with Crippen molar-refractivity contribution in [1.29, 1.82) is 0 Å². The highest BCUT2D eigenvalue weighted by atomic mass is 14.0. The molecule has 0 heterocycles. The van der Waals surface area contributed by atoms with Crippen molar-refractivity contribution in [2.24, 2.45) is 5.92 Å². The molecule has 0 aliphatic carbocycles. The van der Waals surface area contributed by atoms with Crippen molar-refractivity contribution in [3.63, 3.8) is 0 Å². The Labute approximate surface area is 65.0 Å². The number of unbranched alkanes of at least 4 members (excludes halogenated alkanes) is 1. The van der Waals surface area contributed by atoms with Crippen molar-refractivity contribution >= 4 is 0 Å². The molecule has 0 saturated carbocycles. The quantitative estimate of drug-likeness (QED) is 0.524. The largest absolute Gasteiger partial charge is 0.103 e. The van der Waals surface area contributed by atoms with E-state index in [2.05, 4.69) is 32.6 Å². The fourth-order valence-electron chi connectivity index (χ4n) is 0.562. The zero-order valence-corrected chi connectivity index (χ0v) is 7.11. The maximum Gasteiger partial charge on any atom is 0.0114 e. The van der Waals surface area contributed by atoms with Crippen molar-refractivity contribution in [3.05, 3.63) is 6.92 Å². The third-order valence-corrected chi connectivity index (χ3v) is 1.44. The topological polar surface area (TPSA) is 0 Å². The summed E-state index contributed by atoms with van der Waals surface area (Å²) in [6, 6.07) is 0. The van der Waals surface area contributed by atoms with Gasteiger partial charge in [-0.1, -0.05) is 20.8 Å². The predicted octanol–water partition coefficient (Wildman–Crippen LogP) is 3.04. The lowest BCUT2D eigenvalue weighted by Gasteiger charge is -1.99. The second-order valence-electron chi connectivity index (χ2n) is 2.70. The van der Waals surface area contributed by atoms with Crippen molar-refractivity contribution in [2.75, 3.05) is 0 Å². The molecule has 0 aliphatic rings. The minimum Gasteiger partial charge on any atom is -0.103 e. The Bertz CT molecular complexity index is 114. The first-order valence-electron chi connectivity index (χ1n) is 4.06. The van der Waals surface area contributed by atoms with E-state index in [9.17, 15) is 0 Å². The van der Waals surface area contributed by atoms with Gasteiger partial charge in [-0.2, -0.15) is 0 Å². The van der Waals surface area contributed by atoms with Crippen LogP contribution in [0.4, 0.5) is 0 Å². The highest BCUT2D eigenvalue weighted by Crippen LogP contribution is 2.03. The first kappa shape index (κ1) is 9.56. The fraction of sp³-hybridized carbons (Fsp3) is 0.700. The van der Waals surface area contributed by atoms with Crippen molar-refractivity contribution in [3.8, 4) is 11.8 Å². The third-order valence-electron chi connectivity index (χ3n) is 1.44. The van der Waals surface area contributed by atoms with E-state index in [4.69, 9.17) is 0 Å². The van der Waals surface area contributed by atoms with Crippen LogP contribution < -0.4 is 0 Å². The molecule has 1 unspecified atom stereocenters. The molecule has 0 aromatic rings. The molecular formula is C10H17. The SMILES string of the molecule is [CH2]CC(C)CC#CCCC. The van der Waals surface area contributed by atoms with Gasteiger partial charge in [0.2, 0.25) is 0 Å². The Morgan fingerprint density at radius 2 is 2.10 bits per heavy atom. The van der Waals surface area contributed by atoms with Crippen LogP contribution in [0.15, 0.2) is 0 Å². The molecule has 0 nitrogen and oxygen atoms in total. The Kier molecular flexibility index (Phi) is 6.38. The van der Waals surface area contributed by atoms with E-state index in [1.807, 2.05) is 0 Å². The first-order valence-corrected chi connectivity index (χ1v) is 4.06. The molecule has 1 radical (unpaired) electrons. The van der Waals surface area contributed by atoms with Gasteiger partial charge in [0.1, 0.15) is 0 Å². The van der Waals surface area contributed by atoms with Gasteiger partial charge in [0.25, 0.3) is 0 Å². The fourth-order valence-corrected chi connectivity index (χ4v) is 0.562. The lowest BCUT2D eigenvalue weighted by atomic mass is 10.1. The number of rotatable bonds is 3. The summed E-state index contributed by atoms with van der Waals surface area (Å²) in [5.41, 5.74) is 0. The monoisotopic (exact) mass is 137 g/mol. The molecule has 57 valence electrons. The van der Waals surface area contributed by atoms with E-state index >= 15 is 0 Å². The zero-order chi connectivity index (χ0) is 7.82. The molecule has 0 amide bonds. The summed E-state index contributed by atoms with van der Waals surface area (Å²) in [4.78, 5) is 0. The van der Waals surface area contributed by atoms with Gasteiger partial charge in [-0.15, -0.1) is 11.8 Å².